The summed E-state index contributed by atoms with van der Waals surface area (Å²) in [7, 11) is 4.19. The van der Waals surface area contributed by atoms with E-state index < -0.39 is 0 Å². The molecule has 2 fully saturated rings. The van der Waals surface area contributed by atoms with E-state index in [1.54, 1.807) is 7.11 Å². The van der Waals surface area contributed by atoms with E-state index in [0.717, 1.165) is 22.8 Å². The quantitative estimate of drug-likeness (QED) is 0.527. The lowest BCUT2D eigenvalue weighted by Gasteiger charge is -2.29. The summed E-state index contributed by atoms with van der Waals surface area (Å²) in [4.78, 5) is 0. The number of hydrogen-bond donors (Lipinski definition) is 0. The summed E-state index contributed by atoms with van der Waals surface area (Å²) >= 11 is 2.15. The summed E-state index contributed by atoms with van der Waals surface area (Å²) in [5.41, 5.74) is 1.42. The van der Waals surface area contributed by atoms with Crippen molar-refractivity contribution in [1.29, 1.82) is 0 Å². The number of methoxy groups -OCH3 is 1. The third kappa shape index (κ3) is 3.45. The molecule has 2 nitrogen and oxygen atoms in total. The van der Waals surface area contributed by atoms with Gasteiger partial charge in [-0.2, -0.15) is 0 Å². The van der Waals surface area contributed by atoms with Crippen LogP contribution in [0.3, 0.4) is 0 Å². The molecule has 3 unspecified atom stereocenters. The van der Waals surface area contributed by atoms with Crippen LogP contribution in [0.1, 0.15) is 24.8 Å². The summed E-state index contributed by atoms with van der Waals surface area (Å²) in [6.45, 7) is 2.79. The van der Waals surface area contributed by atoms with Crippen LogP contribution < -0.4 is 28.7 Å². The Labute approximate surface area is 143 Å². The highest BCUT2D eigenvalue weighted by molar-refractivity contribution is 7.99. The number of thioether (sulfide) groups is 1. The molecule has 0 amide bonds. The maximum absolute atomic E-state index is 5.20. The Bertz CT molecular complexity index is 439. The number of nitrogens with zero attached hydrogens (tertiary/aromatic N) is 1. The van der Waals surface area contributed by atoms with Crippen LogP contribution in [0.5, 0.6) is 5.75 Å². The van der Waals surface area contributed by atoms with Crippen molar-refractivity contribution < 1.29 is 33.2 Å². The van der Waals surface area contributed by atoms with Crippen LogP contribution >= 0.6 is 11.8 Å². The number of rotatable bonds is 4. The number of benzene rings is 1. The number of fused-ring (bicyclic) bond motifs is 1. The predicted octanol–water partition coefficient (Wildman–Crippen LogP) is 0.314. The van der Waals surface area contributed by atoms with E-state index in [1.807, 2.05) is 0 Å². The van der Waals surface area contributed by atoms with Crippen LogP contribution in [-0.2, 0) is 5.75 Å². The van der Waals surface area contributed by atoms with Gasteiger partial charge in [0.05, 0.1) is 38.5 Å². The van der Waals surface area contributed by atoms with Crippen molar-refractivity contribution in [3.05, 3.63) is 29.8 Å². The van der Waals surface area contributed by atoms with E-state index in [2.05, 4.69) is 43.1 Å². The molecule has 20 heavy (non-hydrogen) atoms. The third-order valence-corrected chi connectivity index (χ3v) is 6.20. The molecule has 0 saturated carbocycles. The van der Waals surface area contributed by atoms with Crippen LogP contribution in [0.25, 0.3) is 0 Å². The third-order valence-electron chi connectivity index (χ3n) is 4.89. The van der Waals surface area contributed by atoms with Gasteiger partial charge in [0.1, 0.15) is 5.75 Å². The normalized spacial score (nSPS) is 31.7. The zero-order valence-electron chi connectivity index (χ0n) is 12.3. The molecule has 112 valence electrons. The molecule has 2 saturated heterocycles. The molecule has 0 spiro atoms. The Hall–Kier alpha value is 0.0600. The van der Waals surface area contributed by atoms with Crippen molar-refractivity contribution in [3.8, 4) is 5.75 Å². The Morgan fingerprint density at radius 3 is 2.70 bits per heavy atom. The Morgan fingerprint density at radius 2 is 2.05 bits per heavy atom. The maximum atomic E-state index is 5.20. The first-order valence-electron chi connectivity index (χ1n) is 7.28. The SMILES string of the molecule is COc1ccc(CSC2CC3CCC[N+]3(C)C2)cc1.[I-]. The van der Waals surface area contributed by atoms with Gasteiger partial charge >= 0.3 is 0 Å². The summed E-state index contributed by atoms with van der Waals surface area (Å²) in [5, 5.41) is 0.859. The summed E-state index contributed by atoms with van der Waals surface area (Å²) in [6.07, 6.45) is 4.32. The van der Waals surface area contributed by atoms with Crippen molar-refractivity contribution in [2.24, 2.45) is 0 Å². The van der Waals surface area contributed by atoms with Gasteiger partial charge in [-0.05, 0) is 17.7 Å². The van der Waals surface area contributed by atoms with Crippen molar-refractivity contribution in [2.45, 2.75) is 36.3 Å². The molecule has 0 radical (unpaired) electrons. The van der Waals surface area contributed by atoms with Gasteiger partial charge in [0.2, 0.25) is 0 Å². The van der Waals surface area contributed by atoms with Gasteiger partial charge in [0.25, 0.3) is 0 Å². The average molecular weight is 405 g/mol. The molecule has 2 aliphatic heterocycles. The minimum absolute atomic E-state index is 0. The Kier molecular flexibility index (Phi) is 5.65. The van der Waals surface area contributed by atoms with Gasteiger partial charge in [-0.3, -0.25) is 0 Å². The second-order valence-electron chi connectivity index (χ2n) is 6.20. The van der Waals surface area contributed by atoms with Crippen molar-refractivity contribution in [2.75, 3.05) is 27.2 Å². The number of ether oxygens (including phenoxy) is 1. The smallest absolute Gasteiger partial charge is 0.118 e. The van der Waals surface area contributed by atoms with Crippen molar-refractivity contribution in [3.63, 3.8) is 0 Å². The lowest BCUT2D eigenvalue weighted by molar-refractivity contribution is -0.908. The van der Waals surface area contributed by atoms with Crippen LogP contribution in [0.2, 0.25) is 0 Å². The van der Waals surface area contributed by atoms with Gasteiger partial charge in [0, 0.05) is 25.0 Å². The molecule has 1 aromatic carbocycles. The van der Waals surface area contributed by atoms with E-state index in [9.17, 15) is 0 Å². The van der Waals surface area contributed by atoms with Gasteiger partial charge in [-0.1, -0.05) is 12.1 Å². The predicted molar refractivity (Wildman–Crippen MR) is 81.6 cm³/mol. The van der Waals surface area contributed by atoms with Crippen LogP contribution in [0.15, 0.2) is 24.3 Å². The zero-order valence-corrected chi connectivity index (χ0v) is 15.3. The highest BCUT2D eigenvalue weighted by Crippen LogP contribution is 2.39. The highest BCUT2D eigenvalue weighted by atomic mass is 127. The standard InChI is InChI=1S/C16H24NOS.HI/c1-17-9-3-4-14(17)10-16(11-17)19-12-13-5-7-15(18-2)8-6-13;/h5-8,14,16H,3-4,9-12H2,1-2H3;1H/q+1;/p-1. The first-order valence-corrected chi connectivity index (χ1v) is 8.33. The molecule has 3 atom stereocenters. The van der Waals surface area contributed by atoms with E-state index in [-0.39, 0.29) is 24.0 Å². The zero-order chi connectivity index (χ0) is 13.3. The first kappa shape index (κ1) is 16.4. The molecule has 1 aromatic rings. The van der Waals surface area contributed by atoms with Crippen molar-refractivity contribution in [1.82, 2.24) is 0 Å². The van der Waals surface area contributed by atoms with E-state index >= 15 is 0 Å². The molecule has 4 heteroatoms. The van der Waals surface area contributed by atoms with Crippen LogP contribution in [-0.4, -0.2) is 43.0 Å². The summed E-state index contributed by atoms with van der Waals surface area (Å²) in [6, 6.07) is 9.47. The summed E-state index contributed by atoms with van der Waals surface area (Å²) in [5.74, 6) is 2.09. The fourth-order valence-corrected chi connectivity index (χ4v) is 5.12. The molecule has 0 bridgehead atoms. The second kappa shape index (κ2) is 6.88. The lowest BCUT2D eigenvalue weighted by Crippen LogP contribution is -3.00. The van der Waals surface area contributed by atoms with Gasteiger partial charge < -0.3 is 33.2 Å². The largest absolute Gasteiger partial charge is 1.00 e. The van der Waals surface area contributed by atoms with E-state index in [0.29, 0.717) is 0 Å². The van der Waals surface area contributed by atoms with Crippen LogP contribution in [0.4, 0.5) is 0 Å². The Morgan fingerprint density at radius 1 is 1.30 bits per heavy atom. The number of halogens is 1. The second-order valence-corrected chi connectivity index (χ2v) is 7.49. The molecule has 0 aromatic heterocycles. The topological polar surface area (TPSA) is 9.23 Å². The fourth-order valence-electron chi connectivity index (χ4n) is 3.69. The molecule has 2 heterocycles. The highest BCUT2D eigenvalue weighted by Gasteiger charge is 2.46. The average Bonchev–Trinajstić information content (AvgIpc) is 2.91. The molecular formula is C16H24INOS. The maximum Gasteiger partial charge on any atom is 0.118 e. The van der Waals surface area contributed by atoms with E-state index in [4.69, 9.17) is 4.74 Å². The van der Waals surface area contributed by atoms with Crippen LogP contribution in [0, 0.1) is 0 Å². The number of hydrogen-bond acceptors (Lipinski definition) is 2. The first-order chi connectivity index (χ1) is 9.19. The Balaban J connectivity index is 0.00000147. The van der Waals surface area contributed by atoms with Gasteiger partial charge in [-0.15, -0.1) is 11.8 Å². The fraction of sp³-hybridized carbons (Fsp3) is 0.625. The molecular weight excluding hydrogens is 381 g/mol. The molecule has 0 aliphatic carbocycles. The number of quaternary nitrogens is 1. The molecule has 0 N–H and O–H groups in total. The summed E-state index contributed by atoms with van der Waals surface area (Å²) < 4.78 is 6.55. The minimum Gasteiger partial charge on any atom is -1.00 e. The molecule has 2 aliphatic rings. The van der Waals surface area contributed by atoms with Crippen molar-refractivity contribution >= 4 is 11.8 Å². The molecule has 3 rings (SSSR count). The monoisotopic (exact) mass is 405 g/mol. The van der Waals surface area contributed by atoms with Gasteiger partial charge in [-0.25, -0.2) is 0 Å². The van der Waals surface area contributed by atoms with Gasteiger partial charge in [0.15, 0.2) is 0 Å². The lowest BCUT2D eigenvalue weighted by atomic mass is 10.1. The minimum atomic E-state index is 0. The van der Waals surface area contributed by atoms with E-state index in [1.165, 1.54) is 42.4 Å².